The van der Waals surface area contributed by atoms with Crippen LogP contribution in [0.4, 0.5) is 0 Å². The van der Waals surface area contributed by atoms with Crippen LogP contribution >= 0.6 is 11.8 Å². The van der Waals surface area contributed by atoms with Crippen LogP contribution in [0.15, 0.2) is 54.6 Å². The average Bonchev–Trinajstić information content (AvgIpc) is 3.23. The normalized spacial score (nSPS) is 17.5. The van der Waals surface area contributed by atoms with Gasteiger partial charge in [0.2, 0.25) is 0 Å². The van der Waals surface area contributed by atoms with Crippen LogP contribution < -0.4 is 10.1 Å². The number of fused-ring (bicyclic) bond motifs is 1. The molecular formula is C20H22N2OS. The minimum absolute atomic E-state index is 0.590. The molecule has 2 heterocycles. The fourth-order valence-electron chi connectivity index (χ4n) is 3.21. The summed E-state index contributed by atoms with van der Waals surface area (Å²) in [6, 6.07) is 19.2. The van der Waals surface area contributed by atoms with E-state index < -0.39 is 0 Å². The van der Waals surface area contributed by atoms with Crippen LogP contribution in [0, 0.1) is 0 Å². The Balaban J connectivity index is 1.40. The Morgan fingerprint density at radius 1 is 1.17 bits per heavy atom. The molecule has 2 aromatic carbocycles. The lowest BCUT2D eigenvalue weighted by molar-refractivity contribution is 0.297. The summed E-state index contributed by atoms with van der Waals surface area (Å²) in [5, 5.41) is 5.36. The first-order valence-electron chi connectivity index (χ1n) is 8.37. The quantitative estimate of drug-likeness (QED) is 0.762. The second-order valence-electron chi connectivity index (χ2n) is 6.28. The third kappa shape index (κ3) is 3.30. The minimum atomic E-state index is 0.590. The second kappa shape index (κ2) is 6.91. The predicted octanol–water partition coefficient (Wildman–Crippen LogP) is 3.96. The van der Waals surface area contributed by atoms with E-state index in [4.69, 9.17) is 4.74 Å². The van der Waals surface area contributed by atoms with Gasteiger partial charge in [-0.1, -0.05) is 30.3 Å². The Kier molecular flexibility index (Phi) is 4.50. The monoisotopic (exact) mass is 338 g/mol. The molecule has 3 aromatic rings. The number of hydrogen-bond donors (Lipinski definition) is 1. The second-order valence-corrected chi connectivity index (χ2v) is 7.57. The van der Waals surface area contributed by atoms with Crippen molar-refractivity contribution in [2.24, 2.45) is 7.05 Å². The number of para-hydroxylation sites is 1. The van der Waals surface area contributed by atoms with Crippen molar-refractivity contribution in [1.82, 2.24) is 9.88 Å². The maximum atomic E-state index is 5.99. The highest BCUT2D eigenvalue weighted by molar-refractivity contribution is 8.00. The Morgan fingerprint density at radius 3 is 2.75 bits per heavy atom. The molecule has 0 saturated carbocycles. The molecular weight excluding hydrogens is 316 g/mol. The molecule has 124 valence electrons. The molecule has 1 atom stereocenters. The molecule has 4 rings (SSSR count). The van der Waals surface area contributed by atoms with Gasteiger partial charge in [0.25, 0.3) is 0 Å². The molecule has 3 nitrogen and oxygen atoms in total. The number of benzene rings is 2. The molecule has 24 heavy (non-hydrogen) atoms. The number of hydrogen-bond acceptors (Lipinski definition) is 3. The van der Waals surface area contributed by atoms with E-state index in [-0.39, 0.29) is 0 Å². The van der Waals surface area contributed by atoms with Gasteiger partial charge in [-0.2, -0.15) is 0 Å². The molecule has 1 aromatic heterocycles. The number of rotatable bonds is 5. The van der Waals surface area contributed by atoms with Crippen LogP contribution in [-0.4, -0.2) is 22.2 Å². The summed E-state index contributed by atoms with van der Waals surface area (Å²) >= 11 is 2.01. The van der Waals surface area contributed by atoms with E-state index in [1.54, 1.807) is 0 Å². The van der Waals surface area contributed by atoms with Gasteiger partial charge in [-0.25, -0.2) is 0 Å². The van der Waals surface area contributed by atoms with Crippen molar-refractivity contribution in [2.45, 2.75) is 18.3 Å². The van der Waals surface area contributed by atoms with Crippen molar-refractivity contribution in [1.29, 1.82) is 0 Å². The summed E-state index contributed by atoms with van der Waals surface area (Å²) in [7, 11) is 2.09. The Bertz CT molecular complexity index is 819. The van der Waals surface area contributed by atoms with Gasteiger partial charge in [0.1, 0.15) is 12.4 Å². The molecule has 1 unspecified atom stereocenters. The summed E-state index contributed by atoms with van der Waals surface area (Å²) in [5.41, 5.74) is 3.82. The zero-order chi connectivity index (χ0) is 16.4. The maximum Gasteiger partial charge on any atom is 0.128 e. The van der Waals surface area contributed by atoms with E-state index in [1.807, 2.05) is 11.8 Å². The van der Waals surface area contributed by atoms with Gasteiger partial charge < -0.3 is 14.6 Å². The smallest absolute Gasteiger partial charge is 0.128 e. The molecule has 1 N–H and O–H groups in total. The van der Waals surface area contributed by atoms with Gasteiger partial charge >= 0.3 is 0 Å². The van der Waals surface area contributed by atoms with Crippen LogP contribution in [0.2, 0.25) is 0 Å². The Hall–Kier alpha value is -1.91. The first kappa shape index (κ1) is 15.6. The highest BCUT2D eigenvalue weighted by Gasteiger charge is 2.15. The number of nitrogens with one attached hydrogen (secondary N) is 1. The number of aromatic nitrogens is 1. The standard InChI is InChI=1S/C20H22N2OS/c1-22-17(11-16-4-2-3-5-20(16)22)13-23-18-8-6-15(7-9-18)10-19-12-21-14-24-19/h2-9,11,19,21H,10,12-14H2,1H3. The zero-order valence-electron chi connectivity index (χ0n) is 13.9. The molecule has 1 saturated heterocycles. The lowest BCUT2D eigenvalue weighted by Crippen LogP contribution is -2.14. The lowest BCUT2D eigenvalue weighted by Gasteiger charge is -2.10. The number of nitrogens with zero attached hydrogens (tertiary/aromatic N) is 1. The van der Waals surface area contributed by atoms with E-state index in [1.165, 1.54) is 22.2 Å². The van der Waals surface area contributed by atoms with E-state index >= 15 is 0 Å². The molecule has 0 radical (unpaired) electrons. The van der Waals surface area contributed by atoms with Crippen LogP contribution in [0.3, 0.4) is 0 Å². The molecule has 4 heteroatoms. The molecule has 1 aliphatic rings. The highest BCUT2D eigenvalue weighted by Crippen LogP contribution is 2.23. The molecule has 0 spiro atoms. The number of ether oxygens (including phenoxy) is 1. The van der Waals surface area contributed by atoms with Crippen LogP contribution in [0.5, 0.6) is 5.75 Å². The van der Waals surface area contributed by atoms with Crippen molar-refractivity contribution in [3.8, 4) is 5.75 Å². The van der Waals surface area contributed by atoms with E-state index in [2.05, 4.69) is 71.5 Å². The summed E-state index contributed by atoms with van der Waals surface area (Å²) in [4.78, 5) is 0. The van der Waals surface area contributed by atoms with Crippen molar-refractivity contribution in [3.63, 3.8) is 0 Å². The van der Waals surface area contributed by atoms with Crippen LogP contribution in [0.1, 0.15) is 11.3 Å². The van der Waals surface area contributed by atoms with Crippen molar-refractivity contribution < 1.29 is 4.74 Å². The van der Waals surface area contributed by atoms with E-state index in [0.29, 0.717) is 11.9 Å². The Morgan fingerprint density at radius 2 is 2.00 bits per heavy atom. The molecule has 1 aliphatic heterocycles. The van der Waals surface area contributed by atoms with Gasteiger partial charge in [-0.05, 0) is 41.6 Å². The topological polar surface area (TPSA) is 26.2 Å². The first-order chi connectivity index (χ1) is 11.8. The fourth-order valence-corrected chi connectivity index (χ4v) is 4.23. The fraction of sp³-hybridized carbons (Fsp3) is 0.300. The van der Waals surface area contributed by atoms with Crippen molar-refractivity contribution in [3.05, 3.63) is 65.9 Å². The number of aryl methyl sites for hydroxylation is 1. The predicted molar refractivity (Wildman–Crippen MR) is 102 cm³/mol. The Labute approximate surface area is 147 Å². The lowest BCUT2D eigenvalue weighted by atomic mass is 10.1. The highest BCUT2D eigenvalue weighted by atomic mass is 32.2. The van der Waals surface area contributed by atoms with Gasteiger partial charge in [-0.3, -0.25) is 0 Å². The van der Waals surface area contributed by atoms with E-state index in [9.17, 15) is 0 Å². The summed E-state index contributed by atoms with van der Waals surface area (Å²) in [5.74, 6) is 2.01. The third-order valence-electron chi connectivity index (χ3n) is 4.62. The summed E-state index contributed by atoms with van der Waals surface area (Å²) < 4.78 is 8.19. The third-order valence-corrected chi connectivity index (χ3v) is 5.79. The van der Waals surface area contributed by atoms with Gasteiger partial charge in [0, 0.05) is 30.2 Å². The van der Waals surface area contributed by atoms with Gasteiger partial charge in [0.15, 0.2) is 0 Å². The average molecular weight is 338 g/mol. The number of thioether (sulfide) groups is 1. The van der Waals surface area contributed by atoms with E-state index in [0.717, 1.165) is 24.6 Å². The molecule has 0 aliphatic carbocycles. The van der Waals surface area contributed by atoms with Crippen molar-refractivity contribution in [2.75, 3.05) is 12.4 Å². The maximum absolute atomic E-state index is 5.99. The molecule has 0 bridgehead atoms. The summed E-state index contributed by atoms with van der Waals surface area (Å²) in [6.07, 6.45) is 1.13. The minimum Gasteiger partial charge on any atom is -0.487 e. The zero-order valence-corrected chi connectivity index (χ0v) is 14.7. The summed E-state index contributed by atoms with van der Waals surface area (Å²) in [6.45, 7) is 1.71. The van der Waals surface area contributed by atoms with Crippen LogP contribution in [-0.2, 0) is 20.1 Å². The van der Waals surface area contributed by atoms with Crippen molar-refractivity contribution >= 4 is 22.7 Å². The van der Waals surface area contributed by atoms with Gasteiger partial charge in [0.05, 0.1) is 5.69 Å². The van der Waals surface area contributed by atoms with Gasteiger partial charge in [-0.15, -0.1) is 11.8 Å². The largest absolute Gasteiger partial charge is 0.487 e. The SMILES string of the molecule is Cn1c(COc2ccc(CC3CNCS3)cc2)cc2ccccc21. The first-order valence-corrected chi connectivity index (χ1v) is 9.42. The molecule has 0 amide bonds. The van der Waals surface area contributed by atoms with Crippen LogP contribution in [0.25, 0.3) is 10.9 Å². The molecule has 1 fully saturated rings.